The molecule has 0 spiro atoms. The van der Waals surface area contributed by atoms with Gasteiger partial charge in [0.05, 0.1) is 19.3 Å². The first-order valence-electron chi connectivity index (χ1n) is 6.34. The molecule has 96 valence electrons. The molecule has 0 heterocycles. The van der Waals surface area contributed by atoms with E-state index in [1.165, 1.54) is 12.8 Å². The molecular formula is C13H26O3. The fraction of sp³-hybridized carbons (Fsp3) is 1.00. The van der Waals surface area contributed by atoms with Crippen molar-refractivity contribution in [3.63, 3.8) is 0 Å². The number of rotatable bonds is 4. The maximum atomic E-state index is 9.00. The molecule has 1 aliphatic carbocycles. The summed E-state index contributed by atoms with van der Waals surface area (Å²) in [6.45, 7) is 6.64. The van der Waals surface area contributed by atoms with Crippen LogP contribution in [0.3, 0.4) is 0 Å². The Bertz CT molecular complexity index is 194. The third kappa shape index (κ3) is 4.04. The summed E-state index contributed by atoms with van der Waals surface area (Å²) in [6.07, 6.45) is 4.39. The quantitative estimate of drug-likeness (QED) is 0.776. The van der Waals surface area contributed by atoms with Gasteiger partial charge < -0.3 is 14.9 Å². The van der Waals surface area contributed by atoms with Crippen molar-refractivity contribution in [3.05, 3.63) is 0 Å². The minimum absolute atomic E-state index is 0.0901. The minimum atomic E-state index is -0.399. The molecule has 1 saturated carbocycles. The molecule has 2 atom stereocenters. The van der Waals surface area contributed by atoms with Crippen LogP contribution in [0.2, 0.25) is 0 Å². The van der Waals surface area contributed by atoms with E-state index < -0.39 is 6.10 Å². The second-order valence-corrected chi connectivity index (χ2v) is 5.97. The van der Waals surface area contributed by atoms with Crippen LogP contribution >= 0.6 is 0 Å². The highest BCUT2D eigenvalue weighted by Crippen LogP contribution is 2.38. The van der Waals surface area contributed by atoms with Crippen molar-refractivity contribution in [2.45, 2.75) is 58.7 Å². The Morgan fingerprint density at radius 3 is 2.31 bits per heavy atom. The Kier molecular flexibility index (Phi) is 5.22. The standard InChI is InChI=1S/C13H26O3/c1-13(2,3)10-5-4-6-11(7-10)16-12(8-14)9-15/h10-12,14-15H,4-9H2,1-3H3. The van der Waals surface area contributed by atoms with E-state index in [1.807, 2.05) is 0 Å². The van der Waals surface area contributed by atoms with Crippen LogP contribution in [0.5, 0.6) is 0 Å². The summed E-state index contributed by atoms with van der Waals surface area (Å²) >= 11 is 0. The average Bonchev–Trinajstić information content (AvgIpc) is 2.25. The van der Waals surface area contributed by atoms with Gasteiger partial charge in [-0.25, -0.2) is 0 Å². The zero-order valence-electron chi connectivity index (χ0n) is 10.8. The monoisotopic (exact) mass is 230 g/mol. The predicted octanol–water partition coefficient (Wildman–Crippen LogP) is 1.96. The Hall–Kier alpha value is -0.120. The maximum absolute atomic E-state index is 9.00. The van der Waals surface area contributed by atoms with Crippen LogP contribution in [0.15, 0.2) is 0 Å². The highest BCUT2D eigenvalue weighted by molar-refractivity contribution is 4.82. The largest absolute Gasteiger partial charge is 0.394 e. The number of hydrogen-bond acceptors (Lipinski definition) is 3. The molecule has 0 saturated heterocycles. The molecule has 3 nitrogen and oxygen atoms in total. The first-order valence-corrected chi connectivity index (χ1v) is 6.34. The molecule has 0 aromatic rings. The summed E-state index contributed by atoms with van der Waals surface area (Å²) in [7, 11) is 0. The second kappa shape index (κ2) is 5.99. The van der Waals surface area contributed by atoms with Crippen molar-refractivity contribution in [1.29, 1.82) is 0 Å². The van der Waals surface area contributed by atoms with Crippen LogP contribution < -0.4 is 0 Å². The minimum Gasteiger partial charge on any atom is -0.394 e. The Labute approximate surface area is 98.8 Å². The molecule has 16 heavy (non-hydrogen) atoms. The zero-order valence-corrected chi connectivity index (χ0v) is 10.8. The summed E-state index contributed by atoms with van der Waals surface area (Å²) in [6, 6.07) is 0. The van der Waals surface area contributed by atoms with E-state index in [4.69, 9.17) is 14.9 Å². The third-order valence-corrected chi connectivity index (χ3v) is 3.64. The first-order chi connectivity index (χ1) is 7.47. The highest BCUT2D eigenvalue weighted by Gasteiger charge is 2.31. The van der Waals surface area contributed by atoms with E-state index in [9.17, 15) is 0 Å². The van der Waals surface area contributed by atoms with Gasteiger partial charge in [0.25, 0.3) is 0 Å². The van der Waals surface area contributed by atoms with Crippen molar-refractivity contribution >= 4 is 0 Å². The second-order valence-electron chi connectivity index (χ2n) is 5.97. The summed E-state index contributed by atoms with van der Waals surface area (Å²) in [4.78, 5) is 0. The summed E-state index contributed by atoms with van der Waals surface area (Å²) < 4.78 is 5.72. The molecule has 0 aromatic heterocycles. The number of aliphatic hydroxyl groups is 2. The number of ether oxygens (including phenoxy) is 1. The molecule has 2 unspecified atom stereocenters. The van der Waals surface area contributed by atoms with Gasteiger partial charge in [0.2, 0.25) is 0 Å². The van der Waals surface area contributed by atoms with Crippen LogP contribution in [0.25, 0.3) is 0 Å². The van der Waals surface area contributed by atoms with E-state index >= 15 is 0 Å². The lowest BCUT2D eigenvalue weighted by atomic mass is 9.71. The third-order valence-electron chi connectivity index (χ3n) is 3.64. The SMILES string of the molecule is CC(C)(C)C1CCCC(OC(CO)CO)C1. The van der Waals surface area contributed by atoms with E-state index in [2.05, 4.69) is 20.8 Å². The summed E-state index contributed by atoms with van der Waals surface area (Å²) in [5.74, 6) is 0.685. The van der Waals surface area contributed by atoms with Gasteiger partial charge in [-0.3, -0.25) is 0 Å². The molecule has 0 bridgehead atoms. The normalized spacial score (nSPS) is 27.4. The van der Waals surface area contributed by atoms with Gasteiger partial charge in [-0.05, 0) is 30.6 Å². The number of aliphatic hydroxyl groups excluding tert-OH is 2. The van der Waals surface area contributed by atoms with Gasteiger partial charge in [-0.15, -0.1) is 0 Å². The number of hydrogen-bond donors (Lipinski definition) is 2. The molecule has 0 amide bonds. The van der Waals surface area contributed by atoms with Crippen molar-refractivity contribution in [1.82, 2.24) is 0 Å². The summed E-state index contributed by atoms with van der Waals surface area (Å²) in [5.41, 5.74) is 0.329. The molecule has 0 aliphatic heterocycles. The van der Waals surface area contributed by atoms with Crippen molar-refractivity contribution < 1.29 is 14.9 Å². The van der Waals surface area contributed by atoms with E-state index in [0.29, 0.717) is 11.3 Å². The maximum Gasteiger partial charge on any atom is 0.104 e. The lowest BCUT2D eigenvalue weighted by molar-refractivity contribution is -0.0881. The van der Waals surface area contributed by atoms with Crippen LogP contribution in [0.1, 0.15) is 46.5 Å². The van der Waals surface area contributed by atoms with Gasteiger partial charge in [0.15, 0.2) is 0 Å². The fourth-order valence-corrected chi connectivity index (χ4v) is 2.47. The van der Waals surface area contributed by atoms with Gasteiger partial charge in [-0.1, -0.05) is 27.2 Å². The topological polar surface area (TPSA) is 49.7 Å². The van der Waals surface area contributed by atoms with Crippen molar-refractivity contribution in [2.75, 3.05) is 13.2 Å². The molecule has 3 heteroatoms. The Balaban J connectivity index is 2.44. The average molecular weight is 230 g/mol. The van der Waals surface area contributed by atoms with Gasteiger partial charge in [-0.2, -0.15) is 0 Å². The molecular weight excluding hydrogens is 204 g/mol. The smallest absolute Gasteiger partial charge is 0.104 e. The van der Waals surface area contributed by atoms with Crippen LogP contribution in [0, 0.1) is 11.3 Å². The zero-order chi connectivity index (χ0) is 12.2. The van der Waals surface area contributed by atoms with Gasteiger partial charge >= 0.3 is 0 Å². The molecule has 0 radical (unpaired) electrons. The van der Waals surface area contributed by atoms with E-state index in [0.717, 1.165) is 12.8 Å². The lowest BCUT2D eigenvalue weighted by Crippen LogP contribution is -2.35. The molecule has 2 N–H and O–H groups in total. The van der Waals surface area contributed by atoms with Crippen LogP contribution in [-0.2, 0) is 4.74 Å². The molecule has 0 aromatic carbocycles. The highest BCUT2D eigenvalue weighted by atomic mass is 16.5. The first kappa shape index (κ1) is 13.9. The van der Waals surface area contributed by atoms with Gasteiger partial charge in [0.1, 0.15) is 6.10 Å². The fourth-order valence-electron chi connectivity index (χ4n) is 2.47. The Morgan fingerprint density at radius 1 is 1.19 bits per heavy atom. The molecule has 1 rings (SSSR count). The molecule has 1 aliphatic rings. The lowest BCUT2D eigenvalue weighted by Gasteiger charge is -2.38. The van der Waals surface area contributed by atoms with E-state index in [1.54, 1.807) is 0 Å². The van der Waals surface area contributed by atoms with Gasteiger partial charge in [0, 0.05) is 0 Å². The molecule has 1 fully saturated rings. The van der Waals surface area contributed by atoms with Crippen molar-refractivity contribution in [3.8, 4) is 0 Å². The van der Waals surface area contributed by atoms with Crippen LogP contribution in [-0.4, -0.2) is 35.6 Å². The Morgan fingerprint density at radius 2 is 1.81 bits per heavy atom. The van der Waals surface area contributed by atoms with Crippen molar-refractivity contribution in [2.24, 2.45) is 11.3 Å². The summed E-state index contributed by atoms with van der Waals surface area (Å²) in [5, 5.41) is 18.0. The van der Waals surface area contributed by atoms with E-state index in [-0.39, 0.29) is 19.3 Å². The predicted molar refractivity (Wildman–Crippen MR) is 64.2 cm³/mol. The van der Waals surface area contributed by atoms with Crippen LogP contribution in [0.4, 0.5) is 0 Å².